The van der Waals surface area contributed by atoms with Gasteiger partial charge < -0.3 is 14.4 Å². The van der Waals surface area contributed by atoms with Crippen LogP contribution in [0.4, 0.5) is 5.69 Å². The first-order chi connectivity index (χ1) is 14.0. The molecule has 0 N–H and O–H groups in total. The highest BCUT2D eigenvalue weighted by atomic mass is 16.6. The van der Waals surface area contributed by atoms with Crippen molar-refractivity contribution < 1.29 is 24.0 Å². The number of rotatable bonds is 4. The molecule has 0 unspecified atom stereocenters. The maximum absolute atomic E-state index is 12.5. The number of carbonyl (C=O) groups is 2. The van der Waals surface area contributed by atoms with Gasteiger partial charge in [-0.25, -0.2) is 0 Å². The summed E-state index contributed by atoms with van der Waals surface area (Å²) < 4.78 is 11.6. The molecule has 0 aromatic heterocycles. The summed E-state index contributed by atoms with van der Waals surface area (Å²) in [5.41, 5.74) is -0.151. The monoisotopic (exact) mass is 396 g/mol. The third-order valence-electron chi connectivity index (χ3n) is 5.44. The number of hydrogen-bond donors (Lipinski definition) is 0. The van der Waals surface area contributed by atoms with Crippen LogP contribution < -0.4 is 9.47 Å². The van der Waals surface area contributed by atoms with Crippen molar-refractivity contribution in [2.75, 3.05) is 19.7 Å². The molecule has 1 saturated heterocycles. The van der Waals surface area contributed by atoms with Crippen molar-refractivity contribution in [3.8, 4) is 11.5 Å². The van der Waals surface area contributed by atoms with Crippen LogP contribution in [0.5, 0.6) is 11.5 Å². The number of amides is 1. The van der Waals surface area contributed by atoms with E-state index in [-0.39, 0.29) is 29.7 Å². The smallest absolute Gasteiger partial charge is 0.310 e. The summed E-state index contributed by atoms with van der Waals surface area (Å²) in [4.78, 5) is 37.1. The number of benzene rings is 2. The Balaban J connectivity index is 1.36. The number of hydrogen-bond acceptors (Lipinski definition) is 6. The molecule has 150 valence electrons. The molecular weight excluding hydrogens is 376 g/mol. The van der Waals surface area contributed by atoms with E-state index in [0.29, 0.717) is 43.7 Å². The average molecular weight is 396 g/mol. The second-order valence-corrected chi connectivity index (χ2v) is 7.28. The van der Waals surface area contributed by atoms with E-state index in [1.165, 1.54) is 12.1 Å². The number of nitro benzene ring substituents is 1. The minimum Gasteiger partial charge on any atom is -0.486 e. The maximum atomic E-state index is 12.5. The molecule has 2 aliphatic heterocycles. The molecule has 0 saturated carbocycles. The molecule has 1 spiro atoms. The van der Waals surface area contributed by atoms with Crippen LogP contribution >= 0.6 is 0 Å². The summed E-state index contributed by atoms with van der Waals surface area (Å²) in [6.45, 7) is 0.601. The van der Waals surface area contributed by atoms with Crippen molar-refractivity contribution in [1.29, 1.82) is 0 Å². The van der Waals surface area contributed by atoms with Gasteiger partial charge >= 0.3 is 5.69 Å². The Kier molecular flexibility index (Phi) is 4.92. The topological polar surface area (TPSA) is 99.0 Å². The number of ether oxygens (including phenoxy) is 2. The molecule has 1 fully saturated rings. The highest BCUT2D eigenvalue weighted by molar-refractivity contribution is 6.00. The predicted molar refractivity (Wildman–Crippen MR) is 103 cm³/mol. The zero-order chi connectivity index (χ0) is 20.4. The molecule has 29 heavy (non-hydrogen) atoms. The first-order valence-electron chi connectivity index (χ1n) is 9.43. The van der Waals surface area contributed by atoms with Crippen LogP contribution in [0.1, 0.15) is 29.6 Å². The van der Waals surface area contributed by atoms with Crippen LogP contribution in [-0.2, 0) is 4.79 Å². The first-order valence-corrected chi connectivity index (χ1v) is 9.43. The zero-order valence-corrected chi connectivity index (χ0v) is 15.7. The number of ketones is 1. The number of para-hydroxylation sites is 3. The van der Waals surface area contributed by atoms with E-state index < -0.39 is 10.5 Å². The summed E-state index contributed by atoms with van der Waals surface area (Å²) in [7, 11) is 0. The first kappa shape index (κ1) is 18.9. The molecule has 1 amide bonds. The van der Waals surface area contributed by atoms with Gasteiger partial charge in [-0.1, -0.05) is 24.3 Å². The Morgan fingerprint density at radius 3 is 2.59 bits per heavy atom. The van der Waals surface area contributed by atoms with E-state index >= 15 is 0 Å². The van der Waals surface area contributed by atoms with Gasteiger partial charge in [-0.15, -0.1) is 0 Å². The van der Waals surface area contributed by atoms with E-state index in [1.54, 1.807) is 29.2 Å². The minimum absolute atomic E-state index is 0.0614. The Morgan fingerprint density at radius 1 is 1.14 bits per heavy atom. The van der Waals surface area contributed by atoms with Gasteiger partial charge in [-0.3, -0.25) is 19.7 Å². The second-order valence-electron chi connectivity index (χ2n) is 7.28. The predicted octanol–water partition coefficient (Wildman–Crippen LogP) is 3.00. The van der Waals surface area contributed by atoms with Gasteiger partial charge in [-0.05, 0) is 18.2 Å². The Labute approximate surface area is 167 Å². The molecule has 2 aromatic rings. The molecule has 0 atom stereocenters. The molecule has 8 heteroatoms. The van der Waals surface area contributed by atoms with Crippen LogP contribution in [0.25, 0.3) is 0 Å². The standard InChI is InChI=1S/C21H20N2O6/c24-17-13-21(29-18-7-3-1-5-15(17)18)9-11-22(12-10-21)20(25)14-28-19-8-4-2-6-16(19)23(26)27/h1-8H,9-14H2. The molecule has 0 aliphatic carbocycles. The van der Waals surface area contributed by atoms with Gasteiger partial charge in [0.1, 0.15) is 11.4 Å². The van der Waals surface area contributed by atoms with Crippen molar-refractivity contribution in [2.45, 2.75) is 24.9 Å². The van der Waals surface area contributed by atoms with Crippen molar-refractivity contribution >= 4 is 17.4 Å². The molecule has 8 nitrogen and oxygen atoms in total. The zero-order valence-electron chi connectivity index (χ0n) is 15.7. The van der Waals surface area contributed by atoms with E-state index in [1.807, 2.05) is 12.1 Å². The van der Waals surface area contributed by atoms with Gasteiger partial charge in [0.25, 0.3) is 5.91 Å². The molecule has 2 aromatic carbocycles. The average Bonchev–Trinajstić information content (AvgIpc) is 2.72. The fourth-order valence-electron chi connectivity index (χ4n) is 3.85. The number of nitro groups is 1. The van der Waals surface area contributed by atoms with Crippen LogP contribution in [-0.4, -0.2) is 46.8 Å². The third kappa shape index (κ3) is 3.78. The minimum atomic E-state index is -0.582. The lowest BCUT2D eigenvalue weighted by molar-refractivity contribution is -0.385. The molecule has 2 aliphatic rings. The number of piperidine rings is 1. The third-order valence-corrected chi connectivity index (χ3v) is 5.44. The molecule has 2 heterocycles. The number of nitrogens with zero attached hydrogens (tertiary/aromatic N) is 2. The molecule has 0 bridgehead atoms. The lowest BCUT2D eigenvalue weighted by Crippen LogP contribution is -2.53. The van der Waals surface area contributed by atoms with Gasteiger partial charge in [0.15, 0.2) is 18.1 Å². The van der Waals surface area contributed by atoms with Gasteiger partial charge in [0, 0.05) is 32.0 Å². The van der Waals surface area contributed by atoms with Gasteiger partial charge in [0.05, 0.1) is 16.9 Å². The number of likely N-dealkylation sites (tertiary alicyclic amines) is 1. The largest absolute Gasteiger partial charge is 0.486 e. The molecule has 4 rings (SSSR count). The van der Waals surface area contributed by atoms with E-state index in [0.717, 1.165) is 0 Å². The highest BCUT2D eigenvalue weighted by Gasteiger charge is 2.43. The number of fused-ring (bicyclic) bond motifs is 1. The van der Waals surface area contributed by atoms with Crippen LogP contribution in [0.15, 0.2) is 48.5 Å². The van der Waals surface area contributed by atoms with Crippen molar-refractivity contribution in [3.05, 3.63) is 64.2 Å². The summed E-state index contributed by atoms with van der Waals surface area (Å²) in [5, 5.41) is 11.0. The Morgan fingerprint density at radius 2 is 1.83 bits per heavy atom. The highest BCUT2D eigenvalue weighted by Crippen LogP contribution is 2.39. The van der Waals surface area contributed by atoms with Crippen LogP contribution in [0.2, 0.25) is 0 Å². The second kappa shape index (κ2) is 7.54. The number of carbonyl (C=O) groups excluding carboxylic acids is 2. The van der Waals surface area contributed by atoms with E-state index in [2.05, 4.69) is 0 Å². The summed E-state index contributed by atoms with van der Waals surface area (Å²) >= 11 is 0. The summed E-state index contributed by atoms with van der Waals surface area (Å²) in [5.74, 6) is 0.479. The SMILES string of the molecule is O=C1CC2(CCN(C(=O)COc3ccccc3[N+](=O)[O-])CC2)Oc2ccccc21. The van der Waals surface area contributed by atoms with Crippen molar-refractivity contribution in [3.63, 3.8) is 0 Å². The Hall–Kier alpha value is -3.42. The summed E-state index contributed by atoms with van der Waals surface area (Å²) in [6, 6.07) is 13.2. The van der Waals surface area contributed by atoms with Crippen LogP contribution in [0.3, 0.4) is 0 Å². The normalized spacial score (nSPS) is 17.4. The van der Waals surface area contributed by atoms with Crippen molar-refractivity contribution in [2.24, 2.45) is 0 Å². The Bertz CT molecular complexity index is 965. The summed E-state index contributed by atoms with van der Waals surface area (Å²) in [6.07, 6.45) is 1.40. The molecular formula is C21H20N2O6. The van der Waals surface area contributed by atoms with E-state index in [9.17, 15) is 19.7 Å². The van der Waals surface area contributed by atoms with Crippen LogP contribution in [0, 0.1) is 10.1 Å². The maximum Gasteiger partial charge on any atom is 0.310 e. The fraction of sp³-hybridized carbons (Fsp3) is 0.333. The van der Waals surface area contributed by atoms with Gasteiger partial charge in [-0.2, -0.15) is 0 Å². The van der Waals surface area contributed by atoms with Gasteiger partial charge in [0.2, 0.25) is 0 Å². The fourth-order valence-corrected chi connectivity index (χ4v) is 3.85. The van der Waals surface area contributed by atoms with E-state index in [4.69, 9.17) is 9.47 Å². The van der Waals surface area contributed by atoms with Crippen molar-refractivity contribution in [1.82, 2.24) is 4.90 Å². The lowest BCUT2D eigenvalue weighted by atomic mass is 9.82. The number of Topliss-reactive ketones (excluding diaryl/α,β-unsaturated/α-hetero) is 1. The quantitative estimate of drug-likeness (QED) is 0.582. The lowest BCUT2D eigenvalue weighted by Gasteiger charge is -2.43. The molecule has 0 radical (unpaired) electrons.